The van der Waals surface area contributed by atoms with Crippen molar-refractivity contribution in [3.8, 4) is 0 Å². The number of carbonyl (C=O) groups is 1. The van der Waals surface area contributed by atoms with E-state index in [2.05, 4.69) is 43.3 Å². The van der Waals surface area contributed by atoms with Crippen molar-refractivity contribution in [2.45, 2.75) is 33.1 Å². The highest BCUT2D eigenvalue weighted by molar-refractivity contribution is 5.96. The molecule has 0 bridgehead atoms. The molecule has 0 atom stereocenters. The van der Waals surface area contributed by atoms with Crippen molar-refractivity contribution in [1.29, 1.82) is 0 Å². The Kier molecular flexibility index (Phi) is 4.51. The van der Waals surface area contributed by atoms with Crippen LogP contribution in [-0.4, -0.2) is 5.78 Å². The van der Waals surface area contributed by atoms with Crippen LogP contribution in [0.4, 0.5) is 0 Å². The SMILES string of the molecule is CCC(=O)c1ccc(Cc2ccccc2)c(CC)c1. The van der Waals surface area contributed by atoms with Gasteiger partial charge in [0, 0.05) is 12.0 Å². The van der Waals surface area contributed by atoms with E-state index in [0.717, 1.165) is 18.4 Å². The molecular formula is C18H20O. The molecule has 1 nitrogen and oxygen atoms in total. The van der Waals surface area contributed by atoms with E-state index in [1.54, 1.807) is 0 Å². The van der Waals surface area contributed by atoms with Gasteiger partial charge in [0.25, 0.3) is 0 Å². The first-order valence-corrected chi connectivity index (χ1v) is 6.93. The van der Waals surface area contributed by atoms with Gasteiger partial charge in [-0.05, 0) is 35.6 Å². The lowest BCUT2D eigenvalue weighted by molar-refractivity contribution is 0.0988. The molecule has 0 saturated heterocycles. The molecule has 2 aromatic rings. The summed E-state index contributed by atoms with van der Waals surface area (Å²) in [5, 5.41) is 0. The third-order valence-electron chi connectivity index (χ3n) is 3.47. The maximum absolute atomic E-state index is 11.8. The number of rotatable bonds is 5. The number of hydrogen-bond donors (Lipinski definition) is 0. The standard InChI is InChI=1S/C18H20O/c1-3-15-13-17(18(19)4-2)11-10-16(15)12-14-8-6-5-7-9-14/h5-11,13H,3-4,12H2,1-2H3. The number of ketones is 1. The van der Waals surface area contributed by atoms with Gasteiger partial charge in [0.2, 0.25) is 0 Å². The Morgan fingerprint density at radius 1 is 0.947 bits per heavy atom. The van der Waals surface area contributed by atoms with E-state index in [0.29, 0.717) is 6.42 Å². The topological polar surface area (TPSA) is 17.1 Å². The average Bonchev–Trinajstić information content (AvgIpc) is 2.48. The maximum atomic E-state index is 11.8. The molecule has 0 fully saturated rings. The third kappa shape index (κ3) is 3.31. The molecular weight excluding hydrogens is 232 g/mol. The van der Waals surface area contributed by atoms with Crippen LogP contribution in [0.5, 0.6) is 0 Å². The molecule has 1 heteroatoms. The Morgan fingerprint density at radius 2 is 1.68 bits per heavy atom. The largest absolute Gasteiger partial charge is 0.294 e. The van der Waals surface area contributed by atoms with Gasteiger partial charge in [0.05, 0.1) is 0 Å². The van der Waals surface area contributed by atoms with E-state index in [9.17, 15) is 4.79 Å². The number of benzene rings is 2. The number of aryl methyl sites for hydroxylation is 1. The van der Waals surface area contributed by atoms with E-state index in [-0.39, 0.29) is 5.78 Å². The van der Waals surface area contributed by atoms with Gasteiger partial charge in [-0.25, -0.2) is 0 Å². The fraction of sp³-hybridized carbons (Fsp3) is 0.278. The summed E-state index contributed by atoms with van der Waals surface area (Å²) in [5.41, 5.74) is 4.76. The number of hydrogen-bond acceptors (Lipinski definition) is 1. The summed E-state index contributed by atoms with van der Waals surface area (Å²) in [4.78, 5) is 11.8. The van der Waals surface area contributed by atoms with Gasteiger partial charge < -0.3 is 0 Å². The minimum atomic E-state index is 0.223. The monoisotopic (exact) mass is 252 g/mol. The highest BCUT2D eigenvalue weighted by Crippen LogP contribution is 2.18. The molecule has 0 aliphatic rings. The fourth-order valence-corrected chi connectivity index (χ4v) is 2.32. The summed E-state index contributed by atoms with van der Waals surface area (Å²) in [7, 11) is 0. The summed E-state index contributed by atoms with van der Waals surface area (Å²) in [6.07, 6.45) is 2.47. The molecule has 0 radical (unpaired) electrons. The van der Waals surface area contributed by atoms with Gasteiger partial charge in [-0.1, -0.05) is 56.3 Å². The highest BCUT2D eigenvalue weighted by atomic mass is 16.1. The molecule has 2 rings (SSSR count). The van der Waals surface area contributed by atoms with Crippen molar-refractivity contribution in [1.82, 2.24) is 0 Å². The van der Waals surface area contributed by atoms with Gasteiger partial charge in [-0.15, -0.1) is 0 Å². The van der Waals surface area contributed by atoms with Crippen molar-refractivity contribution in [2.75, 3.05) is 0 Å². The summed E-state index contributed by atoms with van der Waals surface area (Å²) in [6, 6.07) is 16.6. The van der Waals surface area contributed by atoms with Crippen LogP contribution in [0, 0.1) is 0 Å². The molecule has 0 aliphatic carbocycles. The lowest BCUT2D eigenvalue weighted by atomic mass is 9.95. The van der Waals surface area contributed by atoms with Crippen LogP contribution >= 0.6 is 0 Å². The van der Waals surface area contributed by atoms with Gasteiger partial charge in [0.1, 0.15) is 0 Å². The minimum absolute atomic E-state index is 0.223. The van der Waals surface area contributed by atoms with Crippen molar-refractivity contribution in [3.05, 3.63) is 70.8 Å². The van der Waals surface area contributed by atoms with E-state index in [4.69, 9.17) is 0 Å². The molecule has 2 aromatic carbocycles. The fourth-order valence-electron chi connectivity index (χ4n) is 2.32. The third-order valence-corrected chi connectivity index (χ3v) is 3.47. The maximum Gasteiger partial charge on any atom is 0.162 e. The molecule has 19 heavy (non-hydrogen) atoms. The number of Topliss-reactive ketones (excluding diaryl/α,β-unsaturated/α-hetero) is 1. The van der Waals surface area contributed by atoms with Crippen molar-refractivity contribution < 1.29 is 4.79 Å². The van der Waals surface area contributed by atoms with Crippen LogP contribution in [0.2, 0.25) is 0 Å². The second-order valence-corrected chi connectivity index (χ2v) is 4.78. The van der Waals surface area contributed by atoms with Gasteiger partial charge in [-0.3, -0.25) is 4.79 Å². The lowest BCUT2D eigenvalue weighted by Gasteiger charge is -2.10. The second kappa shape index (κ2) is 6.33. The van der Waals surface area contributed by atoms with Gasteiger partial charge in [0.15, 0.2) is 5.78 Å². The van der Waals surface area contributed by atoms with Crippen LogP contribution in [-0.2, 0) is 12.8 Å². The Balaban J connectivity index is 2.29. The first-order valence-electron chi connectivity index (χ1n) is 6.93. The van der Waals surface area contributed by atoms with Crippen molar-refractivity contribution in [2.24, 2.45) is 0 Å². The zero-order valence-electron chi connectivity index (χ0n) is 11.6. The average molecular weight is 252 g/mol. The summed E-state index contributed by atoms with van der Waals surface area (Å²) >= 11 is 0. The Labute approximate surface area is 115 Å². The summed E-state index contributed by atoms with van der Waals surface area (Å²) < 4.78 is 0. The van der Waals surface area contributed by atoms with E-state index in [1.165, 1.54) is 16.7 Å². The predicted molar refractivity (Wildman–Crippen MR) is 79.7 cm³/mol. The molecule has 0 saturated carbocycles. The number of carbonyl (C=O) groups excluding carboxylic acids is 1. The van der Waals surface area contributed by atoms with E-state index < -0.39 is 0 Å². The summed E-state index contributed by atoms with van der Waals surface area (Å²) in [5.74, 6) is 0.223. The van der Waals surface area contributed by atoms with E-state index in [1.807, 2.05) is 19.1 Å². The molecule has 0 aromatic heterocycles. The first kappa shape index (κ1) is 13.5. The van der Waals surface area contributed by atoms with Crippen LogP contribution in [0.25, 0.3) is 0 Å². The Morgan fingerprint density at radius 3 is 2.32 bits per heavy atom. The smallest absolute Gasteiger partial charge is 0.162 e. The minimum Gasteiger partial charge on any atom is -0.294 e. The van der Waals surface area contributed by atoms with Crippen molar-refractivity contribution in [3.63, 3.8) is 0 Å². The normalized spacial score (nSPS) is 10.4. The molecule has 0 unspecified atom stereocenters. The quantitative estimate of drug-likeness (QED) is 0.719. The van der Waals surface area contributed by atoms with Crippen molar-refractivity contribution >= 4 is 5.78 Å². The zero-order valence-corrected chi connectivity index (χ0v) is 11.6. The lowest BCUT2D eigenvalue weighted by Crippen LogP contribution is -2.01. The predicted octanol–water partition coefficient (Wildman–Crippen LogP) is 4.43. The molecule has 0 aliphatic heterocycles. The van der Waals surface area contributed by atoms with Gasteiger partial charge >= 0.3 is 0 Å². The van der Waals surface area contributed by atoms with Crippen LogP contribution in [0.1, 0.15) is 47.3 Å². The van der Waals surface area contributed by atoms with Crippen LogP contribution < -0.4 is 0 Å². The Bertz CT molecular complexity index is 555. The van der Waals surface area contributed by atoms with Crippen LogP contribution in [0.15, 0.2) is 48.5 Å². The molecule has 0 amide bonds. The molecule has 0 heterocycles. The van der Waals surface area contributed by atoms with E-state index >= 15 is 0 Å². The second-order valence-electron chi connectivity index (χ2n) is 4.78. The Hall–Kier alpha value is -1.89. The summed E-state index contributed by atoms with van der Waals surface area (Å²) in [6.45, 7) is 4.05. The molecule has 0 spiro atoms. The molecule has 0 N–H and O–H groups in total. The first-order chi connectivity index (χ1) is 9.24. The van der Waals surface area contributed by atoms with Gasteiger partial charge in [-0.2, -0.15) is 0 Å². The molecule has 98 valence electrons. The van der Waals surface area contributed by atoms with Crippen LogP contribution in [0.3, 0.4) is 0 Å². The zero-order chi connectivity index (χ0) is 13.7. The highest BCUT2D eigenvalue weighted by Gasteiger charge is 2.07.